The van der Waals surface area contributed by atoms with Gasteiger partial charge in [-0.2, -0.15) is 5.10 Å². The van der Waals surface area contributed by atoms with Crippen LogP contribution in [0.3, 0.4) is 0 Å². The van der Waals surface area contributed by atoms with E-state index < -0.39 is 7.60 Å². The number of anilines is 1. The first-order valence-electron chi connectivity index (χ1n) is 11.3. The van der Waals surface area contributed by atoms with Crippen LogP contribution >= 0.6 is 7.60 Å². The van der Waals surface area contributed by atoms with E-state index in [-0.39, 0.29) is 30.7 Å². The van der Waals surface area contributed by atoms with Crippen molar-refractivity contribution in [1.29, 1.82) is 0 Å². The summed E-state index contributed by atoms with van der Waals surface area (Å²) in [7, 11) is -1.24. The third-order valence-electron chi connectivity index (χ3n) is 5.49. The molecule has 182 valence electrons. The van der Waals surface area contributed by atoms with Gasteiger partial charge >= 0.3 is 7.60 Å². The van der Waals surface area contributed by atoms with Crippen LogP contribution in [0.5, 0.6) is 0 Å². The molecule has 3 aromatic rings. The summed E-state index contributed by atoms with van der Waals surface area (Å²) in [5.74, 6) is -0.522. The number of aryl methyl sites for hydroxylation is 1. The molecule has 34 heavy (non-hydrogen) atoms. The van der Waals surface area contributed by atoms with Crippen LogP contribution < -0.4 is 5.32 Å². The van der Waals surface area contributed by atoms with Crippen molar-refractivity contribution in [3.63, 3.8) is 0 Å². The fraction of sp³-hybridized carbons (Fsp3) is 0.360. The number of carbonyl (C=O) groups is 1. The van der Waals surface area contributed by atoms with Gasteiger partial charge < -0.3 is 14.4 Å². The third-order valence-corrected chi connectivity index (χ3v) is 7.43. The van der Waals surface area contributed by atoms with Crippen LogP contribution in [0.4, 0.5) is 10.1 Å². The summed E-state index contributed by atoms with van der Waals surface area (Å²) in [6.07, 6.45) is 2.33. The minimum absolute atomic E-state index is 0.0943. The monoisotopic (exact) mass is 487 g/mol. The van der Waals surface area contributed by atoms with Gasteiger partial charge in [-0.15, -0.1) is 0 Å². The van der Waals surface area contributed by atoms with Crippen LogP contribution in [0.25, 0.3) is 11.3 Å². The van der Waals surface area contributed by atoms with Crippen molar-refractivity contribution in [3.8, 4) is 11.3 Å². The Morgan fingerprint density at radius 1 is 1.12 bits per heavy atom. The standard InChI is InChI=1S/C25H31FN3O4P/c1-5-32-34(31,6-2)33-17-19-7-13-22(14-8-19)28-24(30)15-18(3)23-16-27-29(4)25(23)20-9-11-21(26)12-10-20/h7-14,16,18H,5-6,15,17H2,1-4H3,(H,28,30). The van der Waals surface area contributed by atoms with Crippen molar-refractivity contribution in [1.82, 2.24) is 9.78 Å². The van der Waals surface area contributed by atoms with Gasteiger partial charge in [-0.3, -0.25) is 14.0 Å². The summed E-state index contributed by atoms with van der Waals surface area (Å²) < 4.78 is 38.2. The Morgan fingerprint density at radius 3 is 2.41 bits per heavy atom. The SMILES string of the molecule is CCOP(=O)(CC)OCc1ccc(NC(=O)CC(C)c2cnn(C)c2-c2ccc(F)cc2)cc1. The number of hydrogen-bond acceptors (Lipinski definition) is 5. The Labute approximate surface area is 199 Å². The Bertz CT molecular complexity index is 1150. The van der Waals surface area contributed by atoms with Gasteiger partial charge in [0.05, 0.1) is 25.1 Å². The van der Waals surface area contributed by atoms with Crippen LogP contribution in [0.1, 0.15) is 44.2 Å². The maximum absolute atomic E-state index is 13.3. The number of nitrogens with one attached hydrogen (secondary N) is 1. The molecule has 7 nitrogen and oxygen atoms in total. The molecule has 3 rings (SSSR count). The zero-order chi connectivity index (χ0) is 24.7. The van der Waals surface area contributed by atoms with Gasteiger partial charge in [-0.1, -0.05) is 26.0 Å². The Morgan fingerprint density at radius 2 is 1.79 bits per heavy atom. The number of halogens is 1. The van der Waals surface area contributed by atoms with E-state index in [9.17, 15) is 13.8 Å². The Kier molecular flexibility index (Phi) is 8.78. The lowest BCUT2D eigenvalue weighted by Gasteiger charge is -2.16. The zero-order valence-corrected chi connectivity index (χ0v) is 20.8. The first kappa shape index (κ1) is 25.8. The van der Waals surface area contributed by atoms with Gasteiger partial charge in [0.25, 0.3) is 0 Å². The molecule has 0 aliphatic carbocycles. The molecular weight excluding hydrogens is 456 g/mol. The normalized spacial score (nSPS) is 13.9. The lowest BCUT2D eigenvalue weighted by molar-refractivity contribution is -0.116. The summed E-state index contributed by atoms with van der Waals surface area (Å²) in [5.41, 5.74) is 4.12. The number of nitrogens with zero attached hydrogens (tertiary/aromatic N) is 2. The lowest BCUT2D eigenvalue weighted by Crippen LogP contribution is -2.14. The molecule has 0 bridgehead atoms. The van der Waals surface area contributed by atoms with Crippen LogP contribution in [-0.4, -0.2) is 28.5 Å². The zero-order valence-electron chi connectivity index (χ0n) is 20.0. The minimum atomic E-state index is -3.07. The first-order chi connectivity index (χ1) is 16.2. The van der Waals surface area contributed by atoms with Crippen molar-refractivity contribution < 1.29 is 22.8 Å². The molecule has 0 spiro atoms. The highest BCUT2D eigenvalue weighted by molar-refractivity contribution is 7.53. The second-order valence-corrected chi connectivity index (χ2v) is 10.4. The summed E-state index contributed by atoms with van der Waals surface area (Å²) in [5, 5.41) is 7.25. The van der Waals surface area contributed by atoms with Crippen molar-refractivity contribution in [2.24, 2.45) is 7.05 Å². The minimum Gasteiger partial charge on any atom is -0.326 e. The maximum atomic E-state index is 13.3. The van der Waals surface area contributed by atoms with E-state index in [0.29, 0.717) is 18.5 Å². The molecule has 1 aromatic heterocycles. The molecule has 1 N–H and O–H groups in total. The Balaban J connectivity index is 1.60. The van der Waals surface area contributed by atoms with Crippen LogP contribution in [-0.2, 0) is 32.1 Å². The summed E-state index contributed by atoms with van der Waals surface area (Å²) >= 11 is 0. The van der Waals surface area contributed by atoms with E-state index in [1.165, 1.54) is 12.1 Å². The highest BCUT2D eigenvalue weighted by Crippen LogP contribution is 2.48. The fourth-order valence-electron chi connectivity index (χ4n) is 3.65. The quantitative estimate of drug-likeness (QED) is 0.329. The molecule has 0 aliphatic heterocycles. The van der Waals surface area contributed by atoms with E-state index >= 15 is 0 Å². The lowest BCUT2D eigenvalue weighted by atomic mass is 9.95. The van der Waals surface area contributed by atoms with Gasteiger partial charge in [0, 0.05) is 36.4 Å². The van der Waals surface area contributed by atoms with Crippen molar-refractivity contribution in [3.05, 3.63) is 71.7 Å². The summed E-state index contributed by atoms with van der Waals surface area (Å²) in [4.78, 5) is 12.7. The number of carbonyl (C=O) groups excluding carboxylic acids is 1. The predicted octanol–water partition coefficient (Wildman–Crippen LogP) is 6.12. The maximum Gasteiger partial charge on any atom is 0.330 e. The molecule has 0 aliphatic rings. The van der Waals surface area contributed by atoms with E-state index in [4.69, 9.17) is 9.05 Å². The van der Waals surface area contributed by atoms with Crippen LogP contribution in [0, 0.1) is 5.82 Å². The van der Waals surface area contributed by atoms with Crippen LogP contribution in [0.2, 0.25) is 0 Å². The number of rotatable bonds is 11. The first-order valence-corrected chi connectivity index (χ1v) is 13.0. The second kappa shape index (κ2) is 11.6. The number of amides is 1. The highest BCUT2D eigenvalue weighted by atomic mass is 31.2. The highest BCUT2D eigenvalue weighted by Gasteiger charge is 2.21. The molecule has 2 unspecified atom stereocenters. The molecule has 0 fully saturated rings. The van der Waals surface area contributed by atoms with Crippen molar-refractivity contribution >= 4 is 19.2 Å². The average molecular weight is 488 g/mol. The van der Waals surface area contributed by atoms with Crippen molar-refractivity contribution in [2.45, 2.75) is 39.7 Å². The third kappa shape index (κ3) is 6.63. The topological polar surface area (TPSA) is 82.4 Å². The fourth-order valence-corrected chi connectivity index (χ4v) is 4.83. The number of aromatic nitrogens is 2. The largest absolute Gasteiger partial charge is 0.330 e. The molecule has 1 heterocycles. The van der Waals surface area contributed by atoms with E-state index in [0.717, 1.165) is 22.4 Å². The molecule has 0 radical (unpaired) electrons. The molecule has 0 saturated carbocycles. The molecular formula is C25H31FN3O4P. The van der Waals surface area contributed by atoms with E-state index in [1.807, 2.05) is 26.1 Å². The Hall–Kier alpha value is -2.80. The van der Waals surface area contributed by atoms with Gasteiger partial charge in [-0.25, -0.2) is 4.39 Å². The predicted molar refractivity (Wildman–Crippen MR) is 131 cm³/mol. The summed E-state index contributed by atoms with van der Waals surface area (Å²) in [6, 6.07) is 13.5. The van der Waals surface area contributed by atoms with E-state index in [2.05, 4.69) is 10.4 Å². The smallest absolute Gasteiger partial charge is 0.326 e. The molecule has 2 aromatic carbocycles. The molecule has 9 heteroatoms. The molecule has 1 amide bonds. The van der Waals surface area contributed by atoms with Gasteiger partial charge in [0.1, 0.15) is 5.82 Å². The van der Waals surface area contributed by atoms with Crippen molar-refractivity contribution in [2.75, 3.05) is 18.1 Å². The molecule has 2 atom stereocenters. The second-order valence-electron chi connectivity index (χ2n) is 8.05. The van der Waals surface area contributed by atoms with Gasteiger partial charge in [0.2, 0.25) is 5.91 Å². The van der Waals surface area contributed by atoms with Crippen LogP contribution in [0.15, 0.2) is 54.7 Å². The number of hydrogen-bond donors (Lipinski definition) is 1. The summed E-state index contributed by atoms with van der Waals surface area (Å²) in [6.45, 7) is 6.02. The van der Waals surface area contributed by atoms with E-state index in [1.54, 1.807) is 49.0 Å². The van der Waals surface area contributed by atoms with Gasteiger partial charge in [0.15, 0.2) is 0 Å². The average Bonchev–Trinajstić information content (AvgIpc) is 3.21. The number of benzene rings is 2. The molecule has 0 saturated heterocycles. The van der Waals surface area contributed by atoms with Gasteiger partial charge in [-0.05, 0) is 54.8 Å².